The van der Waals surface area contributed by atoms with Crippen molar-refractivity contribution in [1.82, 2.24) is 5.06 Å². The molecule has 0 spiro atoms. The van der Waals surface area contributed by atoms with E-state index < -0.39 is 0 Å². The Morgan fingerprint density at radius 2 is 1.83 bits per heavy atom. The number of esters is 1. The summed E-state index contributed by atoms with van der Waals surface area (Å²) in [4.78, 5) is 16.9. The van der Waals surface area contributed by atoms with E-state index in [0.717, 1.165) is 12.8 Å². The molecule has 0 unspecified atom stereocenters. The van der Waals surface area contributed by atoms with Gasteiger partial charge in [-0.2, -0.15) is 5.06 Å². The van der Waals surface area contributed by atoms with Crippen LogP contribution in [0.2, 0.25) is 0 Å². The van der Waals surface area contributed by atoms with Crippen LogP contribution < -0.4 is 0 Å². The van der Waals surface area contributed by atoms with Gasteiger partial charge in [0, 0.05) is 30.8 Å². The minimum absolute atomic E-state index is 0.0453. The Hall–Kier alpha value is -0.870. The minimum Gasteiger partial charge on any atom is -0.462 e. The molecule has 0 saturated carbocycles. The molecule has 4 heteroatoms. The lowest BCUT2D eigenvalue weighted by molar-refractivity contribution is -0.287. The maximum Gasteiger partial charge on any atom is 0.302 e. The number of hydrogen-bond donors (Lipinski definition) is 0. The van der Waals surface area contributed by atoms with Gasteiger partial charge in [0.2, 0.25) is 0 Å². The highest BCUT2D eigenvalue weighted by molar-refractivity contribution is 5.66. The Morgan fingerprint density at radius 3 is 2.22 bits per heavy atom. The number of hydrogen-bond acceptors (Lipinski definition) is 4. The van der Waals surface area contributed by atoms with E-state index in [9.17, 15) is 4.79 Å². The van der Waals surface area contributed by atoms with E-state index in [1.54, 1.807) is 6.08 Å². The van der Waals surface area contributed by atoms with Crippen LogP contribution in [0.25, 0.3) is 0 Å². The Bertz CT molecular complexity index is 305. The predicted octanol–water partition coefficient (Wildman–Crippen LogP) is 2.69. The zero-order chi connectivity index (χ0) is 14.0. The normalized spacial score (nSPS) is 23.6. The number of carbonyl (C=O) groups excluding carboxylic acids is 1. The first kappa shape index (κ1) is 15.2. The molecule has 0 aromatic carbocycles. The summed E-state index contributed by atoms with van der Waals surface area (Å²) in [6.07, 6.45) is 3.24. The summed E-state index contributed by atoms with van der Waals surface area (Å²) in [5.41, 5.74) is -0.351. The van der Waals surface area contributed by atoms with Gasteiger partial charge in [-0.15, -0.1) is 6.58 Å². The molecule has 0 aliphatic carbocycles. The molecular formula is C14H25NO3. The lowest BCUT2D eigenvalue weighted by Crippen LogP contribution is -2.62. The van der Waals surface area contributed by atoms with Crippen molar-refractivity contribution in [1.29, 1.82) is 0 Å². The van der Waals surface area contributed by atoms with Crippen LogP contribution in [0.5, 0.6) is 0 Å². The van der Waals surface area contributed by atoms with Crippen molar-refractivity contribution in [3.05, 3.63) is 12.7 Å². The number of nitrogens with zero attached hydrogens (tertiary/aromatic N) is 1. The fraction of sp³-hybridized carbons (Fsp3) is 0.786. The summed E-state index contributed by atoms with van der Waals surface area (Å²) >= 11 is 0. The van der Waals surface area contributed by atoms with E-state index in [0.29, 0.717) is 6.61 Å². The molecule has 104 valence electrons. The summed E-state index contributed by atoms with van der Waals surface area (Å²) in [7, 11) is 0. The van der Waals surface area contributed by atoms with Crippen molar-refractivity contribution in [2.45, 2.75) is 64.6 Å². The minimum atomic E-state index is -0.216. The Morgan fingerprint density at radius 1 is 1.33 bits per heavy atom. The van der Waals surface area contributed by atoms with Gasteiger partial charge in [-0.25, -0.2) is 0 Å². The maximum absolute atomic E-state index is 11.1. The van der Waals surface area contributed by atoms with Crippen LogP contribution in [0.15, 0.2) is 12.7 Å². The first-order valence-corrected chi connectivity index (χ1v) is 6.40. The number of carbonyl (C=O) groups is 1. The van der Waals surface area contributed by atoms with Gasteiger partial charge in [-0.1, -0.05) is 6.08 Å². The van der Waals surface area contributed by atoms with Crippen LogP contribution in [-0.4, -0.2) is 34.8 Å². The fourth-order valence-electron chi connectivity index (χ4n) is 2.97. The fourth-order valence-corrected chi connectivity index (χ4v) is 2.97. The van der Waals surface area contributed by atoms with E-state index in [2.05, 4.69) is 34.3 Å². The number of ether oxygens (including phenoxy) is 1. The monoisotopic (exact) mass is 255 g/mol. The molecule has 1 heterocycles. The van der Waals surface area contributed by atoms with E-state index in [1.807, 2.05) is 5.06 Å². The zero-order valence-corrected chi connectivity index (χ0v) is 12.2. The predicted molar refractivity (Wildman–Crippen MR) is 70.9 cm³/mol. The van der Waals surface area contributed by atoms with Crippen molar-refractivity contribution in [2.24, 2.45) is 0 Å². The Labute approximate surface area is 110 Å². The summed E-state index contributed by atoms with van der Waals surface area (Å²) in [5, 5.41) is 2.02. The van der Waals surface area contributed by atoms with Gasteiger partial charge >= 0.3 is 5.97 Å². The molecule has 0 amide bonds. The van der Waals surface area contributed by atoms with Gasteiger partial charge in [0.15, 0.2) is 0 Å². The third-order valence-electron chi connectivity index (χ3n) is 3.21. The molecule has 0 aromatic heterocycles. The van der Waals surface area contributed by atoms with Gasteiger partial charge in [0.25, 0.3) is 0 Å². The van der Waals surface area contributed by atoms with Crippen LogP contribution in [0.4, 0.5) is 0 Å². The summed E-state index contributed by atoms with van der Waals surface area (Å²) in [6.45, 7) is 14.0. The van der Waals surface area contributed by atoms with Gasteiger partial charge in [-0.05, 0) is 27.7 Å². The topological polar surface area (TPSA) is 38.8 Å². The van der Waals surface area contributed by atoms with Crippen LogP contribution >= 0.6 is 0 Å². The van der Waals surface area contributed by atoms with Crippen molar-refractivity contribution in [3.63, 3.8) is 0 Å². The third kappa shape index (κ3) is 3.56. The first-order chi connectivity index (χ1) is 8.19. The Balaban J connectivity index is 2.83. The average Bonchev–Trinajstić information content (AvgIpc) is 2.12. The number of rotatable bonds is 4. The lowest BCUT2D eigenvalue weighted by atomic mass is 9.80. The molecule has 1 aliphatic rings. The molecule has 1 aliphatic heterocycles. The summed E-state index contributed by atoms with van der Waals surface area (Å²) in [5.74, 6) is -0.216. The molecule has 0 aromatic rings. The van der Waals surface area contributed by atoms with Crippen LogP contribution in [0.1, 0.15) is 47.5 Å². The molecule has 0 N–H and O–H groups in total. The third-order valence-corrected chi connectivity index (χ3v) is 3.21. The second kappa shape index (κ2) is 5.41. The smallest absolute Gasteiger partial charge is 0.302 e. The quantitative estimate of drug-likeness (QED) is 0.572. The Kier molecular flexibility index (Phi) is 4.56. The van der Waals surface area contributed by atoms with Crippen LogP contribution in [-0.2, 0) is 14.4 Å². The molecule has 0 bridgehead atoms. The highest BCUT2D eigenvalue weighted by Gasteiger charge is 2.47. The standard InChI is InChI=1S/C14H25NO3/c1-7-8-17-15-13(3,4)9-12(18-11(2)16)10-14(15,5)6/h7,12H,1,8-10H2,2-6H3. The largest absolute Gasteiger partial charge is 0.462 e. The molecule has 18 heavy (non-hydrogen) atoms. The van der Waals surface area contributed by atoms with Crippen molar-refractivity contribution < 1.29 is 14.4 Å². The first-order valence-electron chi connectivity index (χ1n) is 6.40. The van der Waals surface area contributed by atoms with Crippen molar-refractivity contribution in [3.8, 4) is 0 Å². The second-order valence-corrected chi connectivity index (χ2v) is 6.14. The van der Waals surface area contributed by atoms with Gasteiger partial charge in [0.1, 0.15) is 6.10 Å². The molecule has 0 atom stereocenters. The highest BCUT2D eigenvalue weighted by Crippen LogP contribution is 2.39. The highest BCUT2D eigenvalue weighted by atomic mass is 16.7. The lowest BCUT2D eigenvalue weighted by Gasteiger charge is -2.53. The van der Waals surface area contributed by atoms with Crippen molar-refractivity contribution >= 4 is 5.97 Å². The number of piperidine rings is 1. The molecule has 4 nitrogen and oxygen atoms in total. The molecular weight excluding hydrogens is 230 g/mol. The van der Waals surface area contributed by atoms with E-state index in [-0.39, 0.29) is 23.2 Å². The van der Waals surface area contributed by atoms with Crippen LogP contribution in [0.3, 0.4) is 0 Å². The zero-order valence-electron chi connectivity index (χ0n) is 12.2. The number of hydroxylamine groups is 2. The average molecular weight is 255 g/mol. The van der Waals surface area contributed by atoms with E-state index >= 15 is 0 Å². The van der Waals surface area contributed by atoms with Crippen molar-refractivity contribution in [2.75, 3.05) is 6.61 Å². The SMILES string of the molecule is C=CCON1C(C)(C)CC(OC(C)=O)CC1(C)C. The maximum atomic E-state index is 11.1. The molecule has 1 saturated heterocycles. The second-order valence-electron chi connectivity index (χ2n) is 6.14. The van der Waals surface area contributed by atoms with Gasteiger partial charge in [-0.3, -0.25) is 9.63 Å². The van der Waals surface area contributed by atoms with E-state index in [4.69, 9.17) is 9.57 Å². The summed E-state index contributed by atoms with van der Waals surface area (Å²) in [6, 6.07) is 0. The van der Waals surface area contributed by atoms with Crippen LogP contribution in [0, 0.1) is 0 Å². The molecule has 0 radical (unpaired) electrons. The summed E-state index contributed by atoms with van der Waals surface area (Å²) < 4.78 is 5.37. The van der Waals surface area contributed by atoms with E-state index in [1.165, 1.54) is 6.92 Å². The van der Waals surface area contributed by atoms with Gasteiger partial charge in [0.05, 0.1) is 6.61 Å². The molecule has 1 rings (SSSR count). The molecule has 1 fully saturated rings. The van der Waals surface area contributed by atoms with Gasteiger partial charge < -0.3 is 4.74 Å².